The second kappa shape index (κ2) is 6.07. The Morgan fingerprint density at radius 2 is 1.92 bits per heavy atom. The van der Waals surface area contributed by atoms with Crippen molar-refractivity contribution in [2.24, 2.45) is 5.92 Å². The molecule has 2 N–H and O–H groups in total. The Morgan fingerprint density at radius 1 is 1.25 bits per heavy atom. The van der Waals surface area contributed by atoms with Gasteiger partial charge in [0, 0.05) is 0 Å². The maximum atomic E-state index is 12.3. The monoisotopic (exact) mass is 330 g/mol. The van der Waals surface area contributed by atoms with Gasteiger partial charge in [-0.25, -0.2) is 4.79 Å². The summed E-state index contributed by atoms with van der Waals surface area (Å²) in [4.78, 5) is 48.8. The van der Waals surface area contributed by atoms with Crippen molar-refractivity contribution in [1.82, 2.24) is 10.2 Å². The smallest absolute Gasteiger partial charge is 0.326 e. The molecule has 2 aliphatic rings. The van der Waals surface area contributed by atoms with E-state index in [9.17, 15) is 24.3 Å². The number of benzene rings is 1. The summed E-state index contributed by atoms with van der Waals surface area (Å²) in [5, 5.41) is 11.6. The van der Waals surface area contributed by atoms with Gasteiger partial charge in [-0.3, -0.25) is 19.3 Å². The Morgan fingerprint density at radius 3 is 2.54 bits per heavy atom. The summed E-state index contributed by atoms with van der Waals surface area (Å²) in [6.07, 6.45) is 2.32. The van der Waals surface area contributed by atoms with Crippen molar-refractivity contribution in [3.8, 4) is 0 Å². The molecule has 1 aromatic rings. The number of rotatable bonds is 6. The number of fused-ring (bicyclic) bond motifs is 1. The molecular formula is C17H18N2O5. The van der Waals surface area contributed by atoms with Crippen molar-refractivity contribution in [2.75, 3.05) is 6.54 Å². The van der Waals surface area contributed by atoms with Gasteiger partial charge in [0.25, 0.3) is 11.8 Å². The van der Waals surface area contributed by atoms with Gasteiger partial charge in [-0.1, -0.05) is 24.5 Å². The summed E-state index contributed by atoms with van der Waals surface area (Å²) in [6.45, 7) is 1.34. The molecule has 7 heteroatoms. The molecule has 1 fully saturated rings. The van der Waals surface area contributed by atoms with Gasteiger partial charge in [0.1, 0.15) is 12.6 Å². The molecule has 7 nitrogen and oxygen atoms in total. The van der Waals surface area contributed by atoms with Crippen LogP contribution in [0, 0.1) is 12.8 Å². The van der Waals surface area contributed by atoms with Crippen LogP contribution in [0.3, 0.4) is 0 Å². The number of carbonyl (C=O) groups excluding carboxylic acids is 3. The van der Waals surface area contributed by atoms with Crippen molar-refractivity contribution in [3.63, 3.8) is 0 Å². The second-order valence-corrected chi connectivity index (χ2v) is 6.38. The van der Waals surface area contributed by atoms with Gasteiger partial charge >= 0.3 is 5.97 Å². The molecular weight excluding hydrogens is 312 g/mol. The van der Waals surface area contributed by atoms with E-state index in [4.69, 9.17) is 0 Å². The zero-order valence-electron chi connectivity index (χ0n) is 13.2. The maximum Gasteiger partial charge on any atom is 0.326 e. The van der Waals surface area contributed by atoms with E-state index in [-0.39, 0.29) is 11.1 Å². The zero-order chi connectivity index (χ0) is 17.4. The molecule has 1 atom stereocenters. The molecule has 0 radical (unpaired) electrons. The molecule has 3 rings (SSSR count). The van der Waals surface area contributed by atoms with Crippen LogP contribution in [0.5, 0.6) is 0 Å². The van der Waals surface area contributed by atoms with Crippen LogP contribution in [-0.4, -0.2) is 46.3 Å². The number of hydrogen-bond donors (Lipinski definition) is 2. The number of hydrogen-bond acceptors (Lipinski definition) is 4. The van der Waals surface area contributed by atoms with Crippen LogP contribution in [0.2, 0.25) is 0 Å². The van der Waals surface area contributed by atoms with Crippen molar-refractivity contribution >= 4 is 23.7 Å². The number of carboxylic acids is 1. The molecule has 126 valence electrons. The Balaban J connectivity index is 1.67. The van der Waals surface area contributed by atoms with Crippen molar-refractivity contribution in [2.45, 2.75) is 32.2 Å². The number of imide groups is 1. The maximum absolute atomic E-state index is 12.3. The van der Waals surface area contributed by atoms with Crippen LogP contribution in [0.1, 0.15) is 45.5 Å². The average molecular weight is 330 g/mol. The third-order valence-electron chi connectivity index (χ3n) is 4.33. The van der Waals surface area contributed by atoms with E-state index in [1.54, 1.807) is 18.2 Å². The van der Waals surface area contributed by atoms with Crippen LogP contribution in [-0.2, 0) is 9.59 Å². The summed E-state index contributed by atoms with van der Waals surface area (Å²) in [7, 11) is 0. The van der Waals surface area contributed by atoms with Crippen LogP contribution in [0.4, 0.5) is 0 Å². The van der Waals surface area contributed by atoms with Crippen LogP contribution in [0.25, 0.3) is 0 Å². The van der Waals surface area contributed by atoms with E-state index < -0.39 is 36.3 Å². The van der Waals surface area contributed by atoms with Crippen LogP contribution in [0.15, 0.2) is 18.2 Å². The van der Waals surface area contributed by atoms with Crippen LogP contribution >= 0.6 is 0 Å². The van der Waals surface area contributed by atoms with Gasteiger partial charge in [0.05, 0.1) is 11.1 Å². The lowest BCUT2D eigenvalue weighted by Crippen LogP contribution is -2.47. The summed E-state index contributed by atoms with van der Waals surface area (Å²) in [6, 6.07) is 3.92. The number of carbonyl (C=O) groups is 4. The lowest BCUT2D eigenvalue weighted by atomic mass is 10.1. The summed E-state index contributed by atoms with van der Waals surface area (Å²) in [5.74, 6) is -2.47. The molecule has 1 heterocycles. The predicted molar refractivity (Wildman–Crippen MR) is 83.5 cm³/mol. The zero-order valence-corrected chi connectivity index (χ0v) is 13.2. The molecule has 1 saturated carbocycles. The lowest BCUT2D eigenvalue weighted by molar-refractivity contribution is -0.142. The number of nitrogens with one attached hydrogen (secondary N) is 1. The standard InChI is InChI=1S/C17H18N2O5/c1-9-2-5-11-12(6-9)16(22)19(15(11)21)8-14(20)18-13(17(23)24)7-10-3-4-10/h2,5-6,10,13H,3-4,7-8H2,1H3,(H,18,20)(H,23,24). The molecule has 1 aliphatic heterocycles. The highest BCUT2D eigenvalue weighted by molar-refractivity contribution is 6.22. The lowest BCUT2D eigenvalue weighted by Gasteiger charge is -2.17. The van der Waals surface area contributed by atoms with E-state index in [2.05, 4.69) is 5.32 Å². The first-order chi connectivity index (χ1) is 11.4. The Bertz CT molecular complexity index is 738. The first kappa shape index (κ1) is 16.2. The summed E-state index contributed by atoms with van der Waals surface area (Å²) >= 11 is 0. The predicted octanol–water partition coefficient (Wildman–Crippen LogP) is 0.961. The number of aryl methyl sites for hydroxylation is 1. The summed E-state index contributed by atoms with van der Waals surface area (Å²) < 4.78 is 0. The van der Waals surface area contributed by atoms with E-state index in [0.29, 0.717) is 12.3 Å². The fourth-order valence-electron chi connectivity index (χ4n) is 2.84. The quantitative estimate of drug-likeness (QED) is 0.756. The molecule has 24 heavy (non-hydrogen) atoms. The van der Waals surface area contributed by atoms with Gasteiger partial charge < -0.3 is 10.4 Å². The first-order valence-electron chi connectivity index (χ1n) is 7.86. The molecule has 1 unspecified atom stereocenters. The average Bonchev–Trinajstić information content (AvgIpc) is 3.31. The Hall–Kier alpha value is -2.70. The molecule has 0 aromatic heterocycles. The highest BCUT2D eigenvalue weighted by atomic mass is 16.4. The van der Waals surface area contributed by atoms with E-state index in [1.165, 1.54) is 0 Å². The SMILES string of the molecule is Cc1ccc2c(c1)C(=O)N(CC(=O)NC(CC1CC1)C(=O)O)C2=O. The Labute approximate surface area is 138 Å². The van der Waals surface area contributed by atoms with Gasteiger partial charge in [-0.05, 0) is 31.4 Å². The second-order valence-electron chi connectivity index (χ2n) is 6.38. The number of aliphatic carboxylic acids is 1. The largest absolute Gasteiger partial charge is 0.480 e. The minimum Gasteiger partial charge on any atom is -0.480 e. The normalized spacial score (nSPS) is 17.6. The highest BCUT2D eigenvalue weighted by Crippen LogP contribution is 2.33. The topological polar surface area (TPSA) is 104 Å². The molecule has 3 amide bonds. The van der Waals surface area contributed by atoms with Crippen LogP contribution < -0.4 is 5.32 Å². The van der Waals surface area contributed by atoms with Gasteiger partial charge in [0.15, 0.2) is 0 Å². The Kier molecular flexibility index (Phi) is 4.09. The van der Waals surface area contributed by atoms with Crippen molar-refractivity contribution in [1.29, 1.82) is 0 Å². The first-order valence-corrected chi connectivity index (χ1v) is 7.86. The molecule has 0 saturated heterocycles. The molecule has 0 bridgehead atoms. The third-order valence-corrected chi connectivity index (χ3v) is 4.33. The number of amides is 3. The number of nitrogens with zero attached hydrogens (tertiary/aromatic N) is 1. The minimum absolute atomic E-state index is 0.270. The van der Waals surface area contributed by atoms with E-state index in [1.807, 2.05) is 6.92 Å². The third kappa shape index (κ3) is 3.15. The highest BCUT2D eigenvalue weighted by Gasteiger charge is 2.37. The van der Waals surface area contributed by atoms with Gasteiger partial charge in [0.2, 0.25) is 5.91 Å². The number of carboxylic acid groups (broad SMARTS) is 1. The molecule has 1 aromatic carbocycles. The minimum atomic E-state index is -1.10. The summed E-state index contributed by atoms with van der Waals surface area (Å²) in [5.41, 5.74) is 1.39. The molecule has 0 spiro atoms. The van der Waals surface area contributed by atoms with Gasteiger partial charge in [-0.15, -0.1) is 0 Å². The molecule has 1 aliphatic carbocycles. The fourth-order valence-corrected chi connectivity index (χ4v) is 2.84. The fraction of sp³-hybridized carbons (Fsp3) is 0.412. The van der Waals surface area contributed by atoms with E-state index in [0.717, 1.165) is 23.3 Å². The van der Waals surface area contributed by atoms with Crippen molar-refractivity contribution < 1.29 is 24.3 Å². The van der Waals surface area contributed by atoms with Gasteiger partial charge in [-0.2, -0.15) is 0 Å². The van der Waals surface area contributed by atoms with Crippen molar-refractivity contribution in [3.05, 3.63) is 34.9 Å². The van der Waals surface area contributed by atoms with E-state index >= 15 is 0 Å².